The molecule has 2 aromatic rings. The standard InChI is InChI=1S/C11H11ClN2/c1-7-5-8-3-4-9(12)6-10(8)14-11(7)13-2/h3-6H,1-2H3,(H,13,14). The Morgan fingerprint density at radius 2 is 2.07 bits per heavy atom. The van der Waals surface area contributed by atoms with Crippen molar-refractivity contribution in [2.24, 2.45) is 0 Å². The van der Waals surface area contributed by atoms with Crippen molar-refractivity contribution in [3.8, 4) is 0 Å². The number of aromatic nitrogens is 1. The van der Waals surface area contributed by atoms with Crippen molar-refractivity contribution >= 4 is 28.3 Å². The molecule has 72 valence electrons. The van der Waals surface area contributed by atoms with Crippen molar-refractivity contribution in [2.45, 2.75) is 6.92 Å². The molecule has 1 aromatic heterocycles. The molecule has 1 N–H and O–H groups in total. The minimum atomic E-state index is 0.718. The Kier molecular flexibility index (Phi) is 2.30. The number of nitrogens with one attached hydrogen (secondary N) is 1. The summed E-state index contributed by atoms with van der Waals surface area (Å²) in [6.07, 6.45) is 0. The minimum Gasteiger partial charge on any atom is -0.373 e. The van der Waals surface area contributed by atoms with E-state index in [0.29, 0.717) is 0 Å². The van der Waals surface area contributed by atoms with Crippen molar-refractivity contribution in [3.05, 3.63) is 34.9 Å². The molecule has 0 bridgehead atoms. The second kappa shape index (κ2) is 3.46. The van der Waals surface area contributed by atoms with E-state index in [0.717, 1.165) is 27.3 Å². The van der Waals surface area contributed by atoms with E-state index < -0.39 is 0 Å². The zero-order valence-electron chi connectivity index (χ0n) is 8.13. The average Bonchev–Trinajstić information content (AvgIpc) is 2.17. The van der Waals surface area contributed by atoms with Gasteiger partial charge in [0, 0.05) is 17.5 Å². The molecule has 0 saturated heterocycles. The minimum absolute atomic E-state index is 0.718. The van der Waals surface area contributed by atoms with Crippen molar-refractivity contribution < 1.29 is 0 Å². The second-order valence-corrected chi connectivity index (χ2v) is 3.68. The zero-order chi connectivity index (χ0) is 10.1. The van der Waals surface area contributed by atoms with E-state index in [4.69, 9.17) is 11.6 Å². The summed E-state index contributed by atoms with van der Waals surface area (Å²) in [5.74, 6) is 0.903. The molecule has 0 aliphatic rings. The van der Waals surface area contributed by atoms with Crippen molar-refractivity contribution in [3.63, 3.8) is 0 Å². The van der Waals surface area contributed by atoms with Crippen LogP contribution in [0.15, 0.2) is 24.3 Å². The molecule has 2 nitrogen and oxygen atoms in total. The second-order valence-electron chi connectivity index (χ2n) is 3.24. The summed E-state index contributed by atoms with van der Waals surface area (Å²) in [4.78, 5) is 4.46. The Bertz CT molecular complexity index is 480. The topological polar surface area (TPSA) is 24.9 Å². The highest BCUT2D eigenvalue weighted by molar-refractivity contribution is 6.31. The summed E-state index contributed by atoms with van der Waals surface area (Å²) >= 11 is 5.89. The van der Waals surface area contributed by atoms with E-state index in [9.17, 15) is 0 Å². The molecule has 0 amide bonds. The van der Waals surface area contributed by atoms with Gasteiger partial charge in [-0.15, -0.1) is 0 Å². The Balaban J connectivity index is 2.73. The maximum absolute atomic E-state index is 5.89. The van der Waals surface area contributed by atoms with Gasteiger partial charge in [0.1, 0.15) is 5.82 Å². The van der Waals surface area contributed by atoms with Gasteiger partial charge in [0.15, 0.2) is 0 Å². The lowest BCUT2D eigenvalue weighted by Crippen LogP contribution is -1.95. The van der Waals surface area contributed by atoms with Gasteiger partial charge < -0.3 is 5.32 Å². The summed E-state index contributed by atoms with van der Waals surface area (Å²) in [5, 5.41) is 4.89. The fraction of sp³-hybridized carbons (Fsp3) is 0.182. The number of nitrogens with zero attached hydrogens (tertiary/aromatic N) is 1. The van der Waals surface area contributed by atoms with Crippen LogP contribution < -0.4 is 5.32 Å². The lowest BCUT2D eigenvalue weighted by atomic mass is 10.1. The molecule has 3 heteroatoms. The van der Waals surface area contributed by atoms with Crippen LogP contribution in [0.2, 0.25) is 5.02 Å². The lowest BCUT2D eigenvalue weighted by molar-refractivity contribution is 1.29. The molecular weight excluding hydrogens is 196 g/mol. The lowest BCUT2D eigenvalue weighted by Gasteiger charge is -2.06. The molecule has 0 aliphatic heterocycles. The van der Waals surface area contributed by atoms with E-state index in [1.165, 1.54) is 0 Å². The summed E-state index contributed by atoms with van der Waals surface area (Å²) in [6, 6.07) is 7.84. The average molecular weight is 207 g/mol. The number of hydrogen-bond acceptors (Lipinski definition) is 2. The first-order chi connectivity index (χ1) is 6.70. The summed E-state index contributed by atoms with van der Waals surface area (Å²) in [6.45, 7) is 2.03. The fourth-order valence-corrected chi connectivity index (χ4v) is 1.67. The molecule has 0 unspecified atom stereocenters. The normalized spacial score (nSPS) is 10.5. The molecule has 0 aliphatic carbocycles. The molecule has 0 atom stereocenters. The predicted octanol–water partition coefficient (Wildman–Crippen LogP) is 3.24. The molecule has 0 radical (unpaired) electrons. The summed E-state index contributed by atoms with van der Waals surface area (Å²) in [7, 11) is 1.87. The Labute approximate surface area is 87.9 Å². The van der Waals surface area contributed by atoms with Crippen LogP contribution in [-0.2, 0) is 0 Å². The van der Waals surface area contributed by atoms with Crippen LogP contribution in [0.5, 0.6) is 0 Å². The molecule has 2 rings (SSSR count). The van der Waals surface area contributed by atoms with Gasteiger partial charge in [-0.1, -0.05) is 17.7 Å². The zero-order valence-corrected chi connectivity index (χ0v) is 8.89. The number of fused-ring (bicyclic) bond motifs is 1. The molecular formula is C11H11ClN2. The van der Waals surface area contributed by atoms with Crippen LogP contribution in [0.1, 0.15) is 5.56 Å². The van der Waals surface area contributed by atoms with Crippen molar-refractivity contribution in [2.75, 3.05) is 12.4 Å². The molecule has 1 aromatic carbocycles. The largest absolute Gasteiger partial charge is 0.373 e. The van der Waals surface area contributed by atoms with Crippen LogP contribution in [-0.4, -0.2) is 12.0 Å². The van der Waals surface area contributed by atoms with Crippen LogP contribution in [0.3, 0.4) is 0 Å². The maximum atomic E-state index is 5.89. The monoisotopic (exact) mass is 206 g/mol. The van der Waals surface area contributed by atoms with Crippen LogP contribution in [0, 0.1) is 6.92 Å². The van der Waals surface area contributed by atoms with Gasteiger partial charge in [0.2, 0.25) is 0 Å². The molecule has 1 heterocycles. The molecule has 14 heavy (non-hydrogen) atoms. The van der Waals surface area contributed by atoms with E-state index in [2.05, 4.69) is 16.4 Å². The predicted molar refractivity (Wildman–Crippen MR) is 61.0 cm³/mol. The van der Waals surface area contributed by atoms with Crippen molar-refractivity contribution in [1.82, 2.24) is 4.98 Å². The number of pyridine rings is 1. The highest BCUT2D eigenvalue weighted by Gasteiger charge is 2.01. The first-order valence-corrected chi connectivity index (χ1v) is 4.83. The van der Waals surface area contributed by atoms with Gasteiger partial charge in [0.25, 0.3) is 0 Å². The van der Waals surface area contributed by atoms with Crippen LogP contribution in [0.4, 0.5) is 5.82 Å². The Morgan fingerprint density at radius 1 is 1.29 bits per heavy atom. The summed E-state index contributed by atoms with van der Waals surface area (Å²) < 4.78 is 0. The van der Waals surface area contributed by atoms with Gasteiger partial charge >= 0.3 is 0 Å². The first kappa shape index (κ1) is 9.28. The Morgan fingerprint density at radius 3 is 2.79 bits per heavy atom. The van der Waals surface area contributed by atoms with Gasteiger partial charge in [-0.25, -0.2) is 4.98 Å². The van der Waals surface area contributed by atoms with E-state index >= 15 is 0 Å². The highest BCUT2D eigenvalue weighted by atomic mass is 35.5. The van der Waals surface area contributed by atoms with E-state index in [1.54, 1.807) is 0 Å². The van der Waals surface area contributed by atoms with E-state index in [1.807, 2.05) is 32.2 Å². The van der Waals surface area contributed by atoms with Crippen LogP contribution in [0.25, 0.3) is 10.9 Å². The highest BCUT2D eigenvalue weighted by Crippen LogP contribution is 2.22. The van der Waals surface area contributed by atoms with Crippen molar-refractivity contribution in [1.29, 1.82) is 0 Å². The van der Waals surface area contributed by atoms with E-state index in [-0.39, 0.29) is 0 Å². The number of benzene rings is 1. The maximum Gasteiger partial charge on any atom is 0.129 e. The smallest absolute Gasteiger partial charge is 0.129 e. The van der Waals surface area contributed by atoms with Gasteiger partial charge in [-0.2, -0.15) is 0 Å². The third kappa shape index (κ3) is 1.53. The molecule has 0 fully saturated rings. The number of hydrogen-bond donors (Lipinski definition) is 1. The fourth-order valence-electron chi connectivity index (χ4n) is 1.50. The third-order valence-corrected chi connectivity index (χ3v) is 2.44. The Hall–Kier alpha value is -1.28. The van der Waals surface area contributed by atoms with Gasteiger partial charge in [-0.3, -0.25) is 0 Å². The molecule has 0 spiro atoms. The van der Waals surface area contributed by atoms with Gasteiger partial charge in [-0.05, 0) is 30.7 Å². The quantitative estimate of drug-likeness (QED) is 0.775. The number of anilines is 1. The number of rotatable bonds is 1. The SMILES string of the molecule is CNc1nc2cc(Cl)ccc2cc1C. The third-order valence-electron chi connectivity index (χ3n) is 2.21. The first-order valence-electron chi connectivity index (χ1n) is 4.45. The van der Waals surface area contributed by atoms with Gasteiger partial charge in [0.05, 0.1) is 5.52 Å². The summed E-state index contributed by atoms with van der Waals surface area (Å²) in [5.41, 5.74) is 2.06. The van der Waals surface area contributed by atoms with Crippen LogP contribution >= 0.6 is 11.6 Å². The number of aryl methyl sites for hydroxylation is 1. The number of halogens is 1. The molecule has 0 saturated carbocycles.